The SMILES string of the molecule is CNC(Cc1ccc(F)cc1F)c1cccc(C)c1. The molecule has 0 radical (unpaired) electrons. The minimum atomic E-state index is -0.544. The molecule has 2 aromatic rings. The van der Waals surface area contributed by atoms with Gasteiger partial charge in [-0.15, -0.1) is 0 Å². The molecule has 0 fully saturated rings. The Bertz CT molecular complexity index is 566. The fourth-order valence-corrected chi connectivity index (χ4v) is 2.18. The van der Waals surface area contributed by atoms with E-state index < -0.39 is 11.6 Å². The highest BCUT2D eigenvalue weighted by atomic mass is 19.1. The van der Waals surface area contributed by atoms with E-state index in [0.717, 1.165) is 17.2 Å². The molecule has 0 aliphatic heterocycles. The van der Waals surface area contributed by atoms with Crippen LogP contribution in [0.4, 0.5) is 8.78 Å². The first-order valence-electron chi connectivity index (χ1n) is 6.28. The summed E-state index contributed by atoms with van der Waals surface area (Å²) in [5.74, 6) is -1.04. The Kier molecular flexibility index (Phi) is 4.27. The predicted octanol–water partition coefficient (Wildman–Crippen LogP) is 3.78. The van der Waals surface area contributed by atoms with Gasteiger partial charge in [0.2, 0.25) is 0 Å². The number of nitrogens with one attached hydrogen (secondary N) is 1. The highest BCUT2D eigenvalue weighted by Gasteiger charge is 2.13. The third kappa shape index (κ3) is 3.38. The van der Waals surface area contributed by atoms with E-state index in [0.29, 0.717) is 12.0 Å². The summed E-state index contributed by atoms with van der Waals surface area (Å²) in [6.07, 6.45) is 0.492. The van der Waals surface area contributed by atoms with Gasteiger partial charge in [0.25, 0.3) is 0 Å². The standard InChI is InChI=1S/C16H17F2N/c1-11-4-3-5-13(8-11)16(19-2)9-12-6-7-14(17)10-15(12)18/h3-8,10,16,19H,9H2,1-2H3. The largest absolute Gasteiger partial charge is 0.313 e. The molecule has 19 heavy (non-hydrogen) atoms. The number of halogens is 2. The lowest BCUT2D eigenvalue weighted by atomic mass is 9.97. The summed E-state index contributed by atoms with van der Waals surface area (Å²) in [6, 6.07) is 11.8. The molecule has 0 saturated carbocycles. The van der Waals surface area contributed by atoms with Crippen molar-refractivity contribution in [2.45, 2.75) is 19.4 Å². The summed E-state index contributed by atoms with van der Waals surface area (Å²) in [4.78, 5) is 0. The average molecular weight is 261 g/mol. The van der Waals surface area contributed by atoms with Crippen molar-refractivity contribution in [2.24, 2.45) is 0 Å². The molecular weight excluding hydrogens is 244 g/mol. The van der Waals surface area contributed by atoms with Crippen LogP contribution in [0, 0.1) is 18.6 Å². The van der Waals surface area contributed by atoms with Crippen molar-refractivity contribution in [3.05, 3.63) is 70.8 Å². The minimum absolute atomic E-state index is 0.0138. The fraction of sp³-hybridized carbons (Fsp3) is 0.250. The number of aryl methyl sites for hydroxylation is 1. The van der Waals surface area contributed by atoms with Gasteiger partial charge in [-0.1, -0.05) is 35.9 Å². The van der Waals surface area contributed by atoms with E-state index in [2.05, 4.69) is 11.4 Å². The molecule has 1 unspecified atom stereocenters. The first kappa shape index (κ1) is 13.7. The Morgan fingerprint density at radius 2 is 1.89 bits per heavy atom. The Morgan fingerprint density at radius 3 is 2.53 bits per heavy atom. The van der Waals surface area contributed by atoms with E-state index in [9.17, 15) is 8.78 Å². The van der Waals surface area contributed by atoms with E-state index in [4.69, 9.17) is 0 Å². The number of hydrogen-bond donors (Lipinski definition) is 1. The van der Waals surface area contributed by atoms with Crippen molar-refractivity contribution in [2.75, 3.05) is 7.05 Å². The topological polar surface area (TPSA) is 12.0 Å². The van der Waals surface area contributed by atoms with E-state index in [1.54, 1.807) is 0 Å². The first-order chi connectivity index (χ1) is 9.10. The highest BCUT2D eigenvalue weighted by Crippen LogP contribution is 2.21. The lowest BCUT2D eigenvalue weighted by Gasteiger charge is -2.17. The molecule has 0 amide bonds. The van der Waals surface area contributed by atoms with E-state index in [1.165, 1.54) is 12.1 Å². The van der Waals surface area contributed by atoms with Gasteiger partial charge in [0.1, 0.15) is 11.6 Å². The second-order valence-corrected chi connectivity index (χ2v) is 4.70. The molecule has 0 aliphatic rings. The van der Waals surface area contributed by atoms with Gasteiger partial charge in [-0.05, 0) is 37.6 Å². The molecule has 0 heterocycles. The molecule has 0 aromatic heterocycles. The predicted molar refractivity (Wildman–Crippen MR) is 73.0 cm³/mol. The number of benzene rings is 2. The van der Waals surface area contributed by atoms with Crippen LogP contribution in [0.3, 0.4) is 0 Å². The summed E-state index contributed by atoms with van der Waals surface area (Å²) >= 11 is 0. The maximum absolute atomic E-state index is 13.7. The number of likely N-dealkylation sites (N-methyl/N-ethyl adjacent to an activating group) is 1. The molecule has 1 N–H and O–H groups in total. The Labute approximate surface area is 112 Å². The highest BCUT2D eigenvalue weighted by molar-refractivity contribution is 5.28. The molecule has 1 atom stereocenters. The molecule has 3 heteroatoms. The Balaban J connectivity index is 2.24. The summed E-state index contributed by atoms with van der Waals surface area (Å²) in [5, 5.41) is 3.18. The maximum atomic E-state index is 13.7. The Hall–Kier alpha value is -1.74. The zero-order valence-corrected chi connectivity index (χ0v) is 11.1. The monoisotopic (exact) mass is 261 g/mol. The zero-order valence-electron chi connectivity index (χ0n) is 11.1. The molecule has 0 aliphatic carbocycles. The van der Waals surface area contributed by atoms with Crippen molar-refractivity contribution in [3.63, 3.8) is 0 Å². The molecule has 0 spiro atoms. The molecule has 100 valence electrons. The lowest BCUT2D eigenvalue weighted by Crippen LogP contribution is -2.19. The molecular formula is C16H17F2N. The lowest BCUT2D eigenvalue weighted by molar-refractivity contribution is 0.540. The number of rotatable bonds is 4. The molecule has 0 saturated heterocycles. The van der Waals surface area contributed by atoms with Gasteiger partial charge in [-0.3, -0.25) is 0 Å². The second-order valence-electron chi connectivity index (χ2n) is 4.70. The number of hydrogen-bond acceptors (Lipinski definition) is 1. The van der Waals surface area contributed by atoms with Crippen molar-refractivity contribution < 1.29 is 8.78 Å². The van der Waals surface area contributed by atoms with Crippen molar-refractivity contribution in [1.29, 1.82) is 0 Å². The van der Waals surface area contributed by atoms with E-state index in [-0.39, 0.29) is 6.04 Å². The third-order valence-corrected chi connectivity index (χ3v) is 3.23. The molecule has 2 rings (SSSR count). The summed E-state index contributed by atoms with van der Waals surface area (Å²) in [5.41, 5.74) is 2.78. The minimum Gasteiger partial charge on any atom is -0.313 e. The average Bonchev–Trinajstić information content (AvgIpc) is 2.38. The van der Waals surface area contributed by atoms with Crippen LogP contribution in [-0.4, -0.2) is 7.05 Å². The van der Waals surface area contributed by atoms with Gasteiger partial charge in [0.15, 0.2) is 0 Å². The van der Waals surface area contributed by atoms with E-state index in [1.807, 2.05) is 32.2 Å². The van der Waals surface area contributed by atoms with Crippen LogP contribution in [0.2, 0.25) is 0 Å². The van der Waals surface area contributed by atoms with Crippen LogP contribution >= 0.6 is 0 Å². The van der Waals surface area contributed by atoms with Crippen molar-refractivity contribution in [1.82, 2.24) is 5.32 Å². The molecule has 2 aromatic carbocycles. The molecule has 0 bridgehead atoms. The van der Waals surface area contributed by atoms with E-state index >= 15 is 0 Å². The fourth-order valence-electron chi connectivity index (χ4n) is 2.18. The van der Waals surface area contributed by atoms with Crippen LogP contribution in [0.15, 0.2) is 42.5 Å². The van der Waals surface area contributed by atoms with Gasteiger partial charge in [0, 0.05) is 12.1 Å². The molecule has 1 nitrogen and oxygen atoms in total. The summed E-state index contributed by atoms with van der Waals surface area (Å²) < 4.78 is 26.6. The van der Waals surface area contributed by atoms with Crippen LogP contribution in [-0.2, 0) is 6.42 Å². The van der Waals surface area contributed by atoms with Crippen LogP contribution in [0.25, 0.3) is 0 Å². The second kappa shape index (κ2) is 5.93. The van der Waals surface area contributed by atoms with Crippen LogP contribution in [0.5, 0.6) is 0 Å². The first-order valence-corrected chi connectivity index (χ1v) is 6.28. The van der Waals surface area contributed by atoms with Gasteiger partial charge in [-0.2, -0.15) is 0 Å². The summed E-state index contributed by atoms with van der Waals surface area (Å²) in [7, 11) is 1.84. The maximum Gasteiger partial charge on any atom is 0.129 e. The van der Waals surface area contributed by atoms with Gasteiger partial charge in [-0.25, -0.2) is 8.78 Å². The van der Waals surface area contributed by atoms with Crippen molar-refractivity contribution in [3.8, 4) is 0 Å². The quantitative estimate of drug-likeness (QED) is 0.883. The van der Waals surface area contributed by atoms with Gasteiger partial charge >= 0.3 is 0 Å². The Morgan fingerprint density at radius 1 is 1.11 bits per heavy atom. The van der Waals surface area contributed by atoms with Crippen molar-refractivity contribution >= 4 is 0 Å². The van der Waals surface area contributed by atoms with Crippen LogP contribution in [0.1, 0.15) is 22.7 Å². The zero-order chi connectivity index (χ0) is 13.8. The van der Waals surface area contributed by atoms with Crippen LogP contribution < -0.4 is 5.32 Å². The van der Waals surface area contributed by atoms with Gasteiger partial charge < -0.3 is 5.32 Å². The van der Waals surface area contributed by atoms with Gasteiger partial charge in [0.05, 0.1) is 0 Å². The smallest absolute Gasteiger partial charge is 0.129 e. The summed E-state index contributed by atoms with van der Waals surface area (Å²) in [6.45, 7) is 2.02. The normalized spacial score (nSPS) is 12.4. The third-order valence-electron chi connectivity index (χ3n) is 3.23.